The molecule has 14 heavy (non-hydrogen) atoms. The molecule has 1 heterocycles. The second-order valence-corrected chi connectivity index (χ2v) is 3.51. The third-order valence-corrected chi connectivity index (χ3v) is 2.41. The van der Waals surface area contributed by atoms with E-state index in [0.29, 0.717) is 13.0 Å². The fourth-order valence-corrected chi connectivity index (χ4v) is 1.66. The molecule has 5 heteroatoms. The summed E-state index contributed by atoms with van der Waals surface area (Å²) in [5.41, 5.74) is 2.82. The van der Waals surface area contributed by atoms with Gasteiger partial charge < -0.3 is 4.84 Å². The van der Waals surface area contributed by atoms with Crippen molar-refractivity contribution in [1.29, 1.82) is 0 Å². The minimum absolute atomic E-state index is 0.200. The van der Waals surface area contributed by atoms with Crippen molar-refractivity contribution in [2.24, 2.45) is 0 Å². The molecule has 0 radical (unpaired) electrons. The summed E-state index contributed by atoms with van der Waals surface area (Å²) < 4.78 is 26.4. The van der Waals surface area contributed by atoms with Gasteiger partial charge in [0, 0.05) is 5.56 Å². The predicted octanol–water partition coefficient (Wildman–Crippen LogP) is 2.58. The first-order chi connectivity index (χ1) is 6.68. The summed E-state index contributed by atoms with van der Waals surface area (Å²) in [4.78, 5) is 4.86. The molecule has 2 rings (SSSR count). The zero-order valence-electron chi connectivity index (χ0n) is 7.19. The first-order valence-corrected chi connectivity index (χ1v) is 4.58. The normalized spacial score (nSPS) is 21.5. The highest BCUT2D eigenvalue weighted by Gasteiger charge is 2.22. The number of hydrogen-bond acceptors (Lipinski definition) is 2. The molecule has 0 aliphatic carbocycles. The number of rotatable bonds is 1. The average molecular weight is 220 g/mol. The zero-order valence-corrected chi connectivity index (χ0v) is 7.94. The molecular formula is C9H8ClF2NO. The zero-order chi connectivity index (χ0) is 10.1. The Hall–Kier alpha value is -0.710. The van der Waals surface area contributed by atoms with Crippen molar-refractivity contribution in [2.75, 3.05) is 6.61 Å². The lowest BCUT2D eigenvalue weighted by Crippen LogP contribution is -2.13. The summed E-state index contributed by atoms with van der Waals surface area (Å²) in [5.74, 6) is -1.13. The SMILES string of the molecule is Fc1cc(Cl)c(F)c([C@H]2CCON2)c1. The van der Waals surface area contributed by atoms with Crippen molar-refractivity contribution in [1.82, 2.24) is 5.48 Å². The molecule has 1 saturated heterocycles. The van der Waals surface area contributed by atoms with Crippen LogP contribution >= 0.6 is 11.6 Å². The Kier molecular flexibility index (Phi) is 2.67. The second kappa shape index (κ2) is 3.81. The van der Waals surface area contributed by atoms with Gasteiger partial charge >= 0.3 is 0 Å². The van der Waals surface area contributed by atoms with E-state index in [1.165, 1.54) is 0 Å². The Morgan fingerprint density at radius 2 is 2.21 bits per heavy atom. The molecule has 0 unspecified atom stereocenters. The van der Waals surface area contributed by atoms with Gasteiger partial charge in [0.05, 0.1) is 17.7 Å². The molecule has 2 nitrogen and oxygen atoms in total. The standard InChI is InChI=1S/C9H8ClF2NO/c10-7-4-5(11)3-6(9(7)12)8-1-2-14-13-8/h3-4,8,13H,1-2H2/t8-/m1/s1. The molecule has 0 aromatic heterocycles. The van der Waals surface area contributed by atoms with Crippen LogP contribution in [-0.4, -0.2) is 6.61 Å². The molecule has 1 aromatic carbocycles. The van der Waals surface area contributed by atoms with Gasteiger partial charge in [0.25, 0.3) is 0 Å². The van der Waals surface area contributed by atoms with Gasteiger partial charge in [-0.3, -0.25) is 0 Å². The molecule has 1 aromatic rings. The van der Waals surface area contributed by atoms with Gasteiger partial charge in [0.15, 0.2) is 0 Å². The number of halogens is 3. The van der Waals surface area contributed by atoms with Crippen LogP contribution in [0.4, 0.5) is 8.78 Å². The molecule has 76 valence electrons. The highest BCUT2D eigenvalue weighted by molar-refractivity contribution is 6.30. The lowest BCUT2D eigenvalue weighted by Gasteiger charge is -2.10. The maximum absolute atomic E-state index is 13.4. The Labute approximate surface area is 84.8 Å². The van der Waals surface area contributed by atoms with Gasteiger partial charge in [-0.1, -0.05) is 11.6 Å². The predicted molar refractivity (Wildman–Crippen MR) is 47.8 cm³/mol. The quantitative estimate of drug-likeness (QED) is 0.733. The summed E-state index contributed by atoms with van der Waals surface area (Å²) in [5, 5.41) is -0.200. The van der Waals surface area contributed by atoms with Crippen molar-refractivity contribution < 1.29 is 13.6 Å². The van der Waals surface area contributed by atoms with E-state index in [1.807, 2.05) is 0 Å². The van der Waals surface area contributed by atoms with Gasteiger partial charge in [-0.05, 0) is 18.6 Å². The minimum atomic E-state index is -0.587. The number of hydrogen-bond donors (Lipinski definition) is 1. The van der Waals surface area contributed by atoms with E-state index in [4.69, 9.17) is 16.4 Å². The summed E-state index contributed by atoms with van der Waals surface area (Å²) in [6.45, 7) is 0.484. The van der Waals surface area contributed by atoms with Crippen molar-refractivity contribution in [3.05, 3.63) is 34.4 Å². The fraction of sp³-hybridized carbons (Fsp3) is 0.333. The van der Waals surface area contributed by atoms with Crippen LogP contribution in [0.1, 0.15) is 18.0 Å². The van der Waals surface area contributed by atoms with Gasteiger partial charge in [0.1, 0.15) is 11.6 Å². The molecule has 1 atom stereocenters. The summed E-state index contributed by atoms with van der Waals surface area (Å²) in [6.07, 6.45) is 0.608. The van der Waals surface area contributed by atoms with Crippen LogP contribution in [0.2, 0.25) is 5.02 Å². The summed E-state index contributed by atoms with van der Waals surface area (Å²) >= 11 is 5.51. The Balaban J connectivity index is 2.40. The molecule has 0 amide bonds. The Morgan fingerprint density at radius 1 is 1.43 bits per heavy atom. The monoisotopic (exact) mass is 219 g/mol. The smallest absolute Gasteiger partial charge is 0.146 e. The van der Waals surface area contributed by atoms with Gasteiger partial charge in [-0.2, -0.15) is 5.48 Å². The van der Waals surface area contributed by atoms with Crippen LogP contribution in [0.25, 0.3) is 0 Å². The van der Waals surface area contributed by atoms with Crippen molar-refractivity contribution in [2.45, 2.75) is 12.5 Å². The maximum atomic E-state index is 13.4. The van der Waals surface area contributed by atoms with Crippen molar-refractivity contribution >= 4 is 11.6 Å². The van der Waals surface area contributed by atoms with E-state index in [9.17, 15) is 8.78 Å². The second-order valence-electron chi connectivity index (χ2n) is 3.10. The van der Waals surface area contributed by atoms with Crippen molar-refractivity contribution in [3.8, 4) is 0 Å². The van der Waals surface area contributed by atoms with Crippen LogP contribution in [0.5, 0.6) is 0 Å². The number of hydroxylamine groups is 1. The molecular weight excluding hydrogens is 212 g/mol. The molecule has 1 N–H and O–H groups in total. The lowest BCUT2D eigenvalue weighted by molar-refractivity contribution is 0.0877. The Morgan fingerprint density at radius 3 is 2.86 bits per heavy atom. The van der Waals surface area contributed by atoms with E-state index in [-0.39, 0.29) is 16.6 Å². The van der Waals surface area contributed by atoms with Gasteiger partial charge in [-0.25, -0.2) is 8.78 Å². The number of benzene rings is 1. The van der Waals surface area contributed by atoms with Gasteiger partial charge in [-0.15, -0.1) is 0 Å². The van der Waals surface area contributed by atoms with Gasteiger partial charge in [0.2, 0.25) is 0 Å². The molecule has 1 fully saturated rings. The lowest BCUT2D eigenvalue weighted by atomic mass is 10.0. The van der Waals surface area contributed by atoms with E-state index in [0.717, 1.165) is 12.1 Å². The third-order valence-electron chi connectivity index (χ3n) is 2.13. The maximum Gasteiger partial charge on any atom is 0.146 e. The molecule has 0 saturated carbocycles. The van der Waals surface area contributed by atoms with E-state index < -0.39 is 11.6 Å². The first-order valence-electron chi connectivity index (χ1n) is 4.20. The van der Waals surface area contributed by atoms with E-state index in [2.05, 4.69) is 5.48 Å². The topological polar surface area (TPSA) is 21.3 Å². The largest absolute Gasteiger partial charge is 0.301 e. The molecule has 0 bridgehead atoms. The fourth-order valence-electron chi connectivity index (χ4n) is 1.44. The van der Waals surface area contributed by atoms with Crippen LogP contribution in [0, 0.1) is 11.6 Å². The molecule has 1 aliphatic heterocycles. The minimum Gasteiger partial charge on any atom is -0.301 e. The van der Waals surface area contributed by atoms with Crippen molar-refractivity contribution in [3.63, 3.8) is 0 Å². The first kappa shape index (κ1) is 9.83. The van der Waals surface area contributed by atoms with Crippen LogP contribution in [0.3, 0.4) is 0 Å². The highest BCUT2D eigenvalue weighted by Crippen LogP contribution is 2.28. The van der Waals surface area contributed by atoms with Crippen LogP contribution in [0.15, 0.2) is 12.1 Å². The molecule has 1 aliphatic rings. The molecule has 0 spiro atoms. The third kappa shape index (κ3) is 1.73. The highest BCUT2D eigenvalue weighted by atomic mass is 35.5. The summed E-state index contributed by atoms with van der Waals surface area (Å²) in [6, 6.07) is 1.77. The average Bonchev–Trinajstić information content (AvgIpc) is 2.63. The number of nitrogens with one attached hydrogen (secondary N) is 1. The van der Waals surface area contributed by atoms with E-state index >= 15 is 0 Å². The van der Waals surface area contributed by atoms with Crippen LogP contribution in [-0.2, 0) is 4.84 Å². The van der Waals surface area contributed by atoms with Crippen LogP contribution < -0.4 is 5.48 Å². The summed E-state index contributed by atoms with van der Waals surface area (Å²) in [7, 11) is 0. The van der Waals surface area contributed by atoms with E-state index in [1.54, 1.807) is 0 Å². The Bertz CT molecular complexity index is 353.